The number of ether oxygens (including phenoxy) is 1. The van der Waals surface area contributed by atoms with Gasteiger partial charge in [0.15, 0.2) is 11.0 Å². The Morgan fingerprint density at radius 1 is 1.11 bits per heavy atom. The molecule has 2 heterocycles. The molecule has 0 spiro atoms. The van der Waals surface area contributed by atoms with Crippen LogP contribution in [-0.4, -0.2) is 50.0 Å². The van der Waals surface area contributed by atoms with E-state index in [0.29, 0.717) is 16.7 Å². The maximum atomic E-state index is 12.9. The fraction of sp³-hybridized carbons (Fsp3) is 0.258. The minimum Gasteiger partial charge on any atom is -0.406 e. The number of thioether (sulfide) groups is 1. The first-order chi connectivity index (χ1) is 21.1. The number of alkyl halides is 3. The summed E-state index contributed by atoms with van der Waals surface area (Å²) in [4.78, 5) is 35.8. The molecular weight excluding hydrogens is 593 g/mol. The third-order valence-corrected chi connectivity index (χ3v) is 8.33. The van der Waals surface area contributed by atoms with Crippen molar-refractivity contribution in [2.45, 2.75) is 45.0 Å². The van der Waals surface area contributed by atoms with Crippen LogP contribution in [0, 0.1) is 6.92 Å². The highest BCUT2D eigenvalue weighted by Crippen LogP contribution is 2.41. The van der Waals surface area contributed by atoms with Gasteiger partial charge in [0.2, 0.25) is 5.91 Å². The van der Waals surface area contributed by atoms with Crippen LogP contribution in [0.25, 0.3) is 17.1 Å². The molecule has 1 aliphatic carbocycles. The average molecular weight is 621 g/mol. The second-order valence-corrected chi connectivity index (χ2v) is 11.4. The van der Waals surface area contributed by atoms with Crippen LogP contribution in [0.1, 0.15) is 36.0 Å². The summed E-state index contributed by atoms with van der Waals surface area (Å²) in [6.07, 6.45) is -1.75. The molecule has 3 amide bonds. The van der Waals surface area contributed by atoms with Crippen LogP contribution in [0.5, 0.6) is 5.75 Å². The van der Waals surface area contributed by atoms with Crippen LogP contribution in [0.15, 0.2) is 78.0 Å². The van der Waals surface area contributed by atoms with E-state index >= 15 is 0 Å². The maximum Gasteiger partial charge on any atom is 0.573 e. The number of para-hydroxylation sites is 1. The number of anilines is 1. The molecule has 2 fully saturated rings. The van der Waals surface area contributed by atoms with Gasteiger partial charge in [-0.05, 0) is 60.7 Å². The number of benzene rings is 3. The zero-order valence-corrected chi connectivity index (χ0v) is 24.5. The number of hydrogen-bond donors (Lipinski definition) is 1. The first kappa shape index (κ1) is 29.4. The smallest absolute Gasteiger partial charge is 0.406 e. The van der Waals surface area contributed by atoms with Crippen molar-refractivity contribution < 1.29 is 27.5 Å². The summed E-state index contributed by atoms with van der Waals surface area (Å²) < 4.78 is 42.6. The number of amides is 3. The number of aryl methyl sites for hydroxylation is 2. The summed E-state index contributed by atoms with van der Waals surface area (Å²) in [5.74, 6) is 0.409. The van der Waals surface area contributed by atoms with Crippen molar-refractivity contribution >= 4 is 34.6 Å². The molecule has 44 heavy (non-hydrogen) atoms. The number of amidine groups is 1. The van der Waals surface area contributed by atoms with Gasteiger partial charge in [0.05, 0.1) is 17.1 Å². The fourth-order valence-electron chi connectivity index (χ4n) is 5.19. The van der Waals surface area contributed by atoms with Crippen molar-refractivity contribution in [2.75, 3.05) is 10.7 Å². The third kappa shape index (κ3) is 6.32. The van der Waals surface area contributed by atoms with Crippen LogP contribution >= 0.6 is 11.8 Å². The van der Waals surface area contributed by atoms with Crippen molar-refractivity contribution in [1.29, 1.82) is 0 Å². The number of aliphatic imine (C=N–C) groups is 1. The predicted molar refractivity (Wildman–Crippen MR) is 161 cm³/mol. The van der Waals surface area contributed by atoms with Gasteiger partial charge in [0.1, 0.15) is 12.1 Å². The Kier molecular flexibility index (Phi) is 7.89. The second kappa shape index (κ2) is 11.8. The lowest BCUT2D eigenvalue weighted by Crippen LogP contribution is -2.33. The SMILES string of the molecule is CCc1cccc(C)c1N1C(=O)CSC1=NC(=O)NC1CC1c1ccc(-c2ncn(-c3ccc(OC(F)(F)F)cc3)n2)cc1. The lowest BCUT2D eigenvalue weighted by Gasteiger charge is -2.21. The molecule has 226 valence electrons. The number of aromatic nitrogens is 3. The van der Waals surface area contributed by atoms with E-state index in [-0.39, 0.29) is 29.4 Å². The molecule has 6 rings (SSSR count). The van der Waals surface area contributed by atoms with E-state index in [9.17, 15) is 22.8 Å². The number of urea groups is 1. The normalized spacial score (nSPS) is 19.0. The number of halogens is 3. The van der Waals surface area contributed by atoms with Crippen LogP contribution in [0.3, 0.4) is 0 Å². The molecule has 2 aliphatic rings. The molecule has 3 aromatic carbocycles. The molecule has 1 N–H and O–H groups in total. The number of rotatable bonds is 7. The Balaban J connectivity index is 1.08. The lowest BCUT2D eigenvalue weighted by atomic mass is 10.0. The van der Waals surface area contributed by atoms with E-state index in [4.69, 9.17) is 0 Å². The molecule has 9 nitrogen and oxygen atoms in total. The molecule has 0 bridgehead atoms. The number of nitrogens with one attached hydrogen (secondary N) is 1. The van der Waals surface area contributed by atoms with E-state index in [1.165, 1.54) is 47.0 Å². The first-order valence-electron chi connectivity index (χ1n) is 13.9. The third-order valence-electron chi connectivity index (χ3n) is 7.41. The van der Waals surface area contributed by atoms with Crippen molar-refractivity contribution in [3.63, 3.8) is 0 Å². The van der Waals surface area contributed by atoms with Gasteiger partial charge in [-0.1, -0.05) is 61.2 Å². The highest BCUT2D eigenvalue weighted by atomic mass is 32.2. The molecule has 1 aromatic heterocycles. The summed E-state index contributed by atoms with van der Waals surface area (Å²) in [6.45, 7) is 3.98. The summed E-state index contributed by atoms with van der Waals surface area (Å²) in [7, 11) is 0. The molecule has 1 saturated carbocycles. The highest BCUT2D eigenvalue weighted by Gasteiger charge is 2.40. The Bertz CT molecular complexity index is 1740. The molecule has 1 saturated heterocycles. The average Bonchev–Trinajstić information content (AvgIpc) is 3.40. The summed E-state index contributed by atoms with van der Waals surface area (Å²) >= 11 is 1.26. The van der Waals surface area contributed by atoms with E-state index < -0.39 is 12.4 Å². The van der Waals surface area contributed by atoms with Crippen LogP contribution in [-0.2, 0) is 11.2 Å². The topological polar surface area (TPSA) is 102 Å². The fourth-order valence-corrected chi connectivity index (χ4v) is 6.04. The van der Waals surface area contributed by atoms with E-state index in [2.05, 4.69) is 25.1 Å². The van der Waals surface area contributed by atoms with Crippen LogP contribution < -0.4 is 15.0 Å². The number of carbonyl (C=O) groups is 2. The van der Waals surface area contributed by atoms with Gasteiger partial charge >= 0.3 is 12.4 Å². The minimum atomic E-state index is -4.76. The van der Waals surface area contributed by atoms with Crippen molar-refractivity contribution in [3.05, 3.63) is 89.7 Å². The standard InChI is InChI=1S/C31H27F3N6O3S/c1-3-19-6-4-5-18(2)27(19)40-26(41)16-44-30(40)37-29(42)36-25-15-24(25)20-7-9-21(10-8-20)28-35-17-39(38-28)22-11-13-23(14-12-22)43-31(32,33)34/h4-14,17,24-25H,3,15-16H2,1-2H3,(H,36,42). The maximum absolute atomic E-state index is 12.9. The monoisotopic (exact) mass is 620 g/mol. The Morgan fingerprint density at radius 2 is 1.86 bits per heavy atom. The predicted octanol–water partition coefficient (Wildman–Crippen LogP) is 6.41. The Morgan fingerprint density at radius 3 is 2.57 bits per heavy atom. The molecule has 2 atom stereocenters. The van der Waals surface area contributed by atoms with Gasteiger partial charge < -0.3 is 10.1 Å². The number of nitrogens with zero attached hydrogens (tertiary/aromatic N) is 5. The molecule has 1 aliphatic heterocycles. The summed E-state index contributed by atoms with van der Waals surface area (Å²) in [5, 5.41) is 7.79. The Labute approximate surface area is 255 Å². The van der Waals surface area contributed by atoms with Crippen molar-refractivity contribution in [3.8, 4) is 22.8 Å². The molecule has 4 aromatic rings. The quantitative estimate of drug-likeness (QED) is 0.257. The second-order valence-electron chi connectivity index (χ2n) is 10.4. The van der Waals surface area contributed by atoms with Gasteiger partial charge in [-0.15, -0.1) is 18.3 Å². The number of carbonyl (C=O) groups excluding carboxylic acids is 2. The van der Waals surface area contributed by atoms with Gasteiger partial charge in [-0.2, -0.15) is 4.99 Å². The van der Waals surface area contributed by atoms with Crippen molar-refractivity contribution in [1.82, 2.24) is 20.1 Å². The molecule has 13 heteroatoms. The van der Waals surface area contributed by atoms with E-state index in [1.54, 1.807) is 4.90 Å². The zero-order valence-electron chi connectivity index (χ0n) is 23.7. The van der Waals surface area contributed by atoms with Gasteiger partial charge in [0, 0.05) is 17.5 Å². The van der Waals surface area contributed by atoms with Gasteiger partial charge in [-0.3, -0.25) is 9.69 Å². The van der Waals surface area contributed by atoms with Gasteiger partial charge in [-0.25, -0.2) is 14.5 Å². The van der Waals surface area contributed by atoms with E-state index in [0.717, 1.165) is 40.8 Å². The summed E-state index contributed by atoms with van der Waals surface area (Å²) in [5.41, 5.74) is 5.12. The zero-order chi connectivity index (χ0) is 31.0. The Hall–Kier alpha value is -4.65. The largest absolute Gasteiger partial charge is 0.573 e. The van der Waals surface area contributed by atoms with Crippen LogP contribution in [0.2, 0.25) is 0 Å². The highest BCUT2D eigenvalue weighted by molar-refractivity contribution is 8.15. The van der Waals surface area contributed by atoms with E-state index in [1.807, 2.05) is 56.3 Å². The first-order valence-corrected chi connectivity index (χ1v) is 14.9. The molecular formula is C31H27F3N6O3S. The van der Waals surface area contributed by atoms with Crippen LogP contribution in [0.4, 0.5) is 23.7 Å². The minimum absolute atomic E-state index is 0.0699. The lowest BCUT2D eigenvalue weighted by molar-refractivity contribution is -0.274. The molecule has 0 radical (unpaired) electrons. The molecule has 2 unspecified atom stereocenters. The summed E-state index contributed by atoms with van der Waals surface area (Å²) in [6, 6.07) is 18.4. The van der Waals surface area contributed by atoms with Crippen molar-refractivity contribution in [2.24, 2.45) is 4.99 Å². The van der Waals surface area contributed by atoms with Gasteiger partial charge in [0.25, 0.3) is 0 Å². The number of hydrogen-bond acceptors (Lipinski definition) is 6.